The molecule has 7 nitrogen and oxygen atoms in total. The first-order chi connectivity index (χ1) is 16.6. The number of carbonyl (C=O) groups is 1. The Balaban J connectivity index is 1.13. The number of hydrogen-bond acceptors (Lipinski definition) is 6. The molecule has 0 aromatic heterocycles. The zero-order valence-electron chi connectivity index (χ0n) is 20.2. The Hall–Kier alpha value is -3.06. The molecule has 180 valence electrons. The van der Waals surface area contributed by atoms with Crippen molar-refractivity contribution in [2.45, 2.75) is 45.3 Å². The molecule has 1 fully saturated rings. The lowest BCUT2D eigenvalue weighted by atomic mass is 10.0. The van der Waals surface area contributed by atoms with E-state index in [-0.39, 0.29) is 18.1 Å². The zero-order chi connectivity index (χ0) is 23.5. The number of oxime groups is 1. The molecule has 0 radical (unpaired) electrons. The summed E-state index contributed by atoms with van der Waals surface area (Å²) in [5.41, 5.74) is 3.95. The molecule has 3 aliphatic rings. The fourth-order valence-electron chi connectivity index (χ4n) is 5.08. The molecule has 7 heteroatoms. The van der Waals surface area contributed by atoms with Gasteiger partial charge in [0.15, 0.2) is 0 Å². The number of anilines is 2. The number of carbonyl (C=O) groups excluding carboxylic acids is 1. The molecule has 1 amide bonds. The Kier molecular flexibility index (Phi) is 6.72. The number of fused-ring (bicyclic) bond motifs is 1. The van der Waals surface area contributed by atoms with Gasteiger partial charge in [-0.3, -0.25) is 9.69 Å². The molecule has 2 aromatic carbocycles. The summed E-state index contributed by atoms with van der Waals surface area (Å²) >= 11 is 0. The van der Waals surface area contributed by atoms with E-state index in [0.29, 0.717) is 12.1 Å². The quantitative estimate of drug-likeness (QED) is 0.655. The third-order valence-electron chi connectivity index (χ3n) is 6.74. The van der Waals surface area contributed by atoms with Gasteiger partial charge < -0.3 is 19.4 Å². The van der Waals surface area contributed by atoms with E-state index in [2.05, 4.69) is 47.0 Å². The first-order valence-electron chi connectivity index (χ1n) is 12.4. The van der Waals surface area contributed by atoms with Crippen LogP contribution < -0.4 is 14.5 Å². The monoisotopic (exact) mass is 462 g/mol. The second-order valence-electron chi connectivity index (χ2n) is 9.58. The van der Waals surface area contributed by atoms with Crippen LogP contribution in [-0.2, 0) is 16.1 Å². The van der Waals surface area contributed by atoms with Crippen LogP contribution in [-0.4, -0.2) is 68.0 Å². The average Bonchev–Trinajstić information content (AvgIpc) is 3.32. The van der Waals surface area contributed by atoms with Crippen LogP contribution in [0.2, 0.25) is 0 Å². The standard InChI is InChI=1S/C27H34N4O3/c1-20(2)33-26-12-6-5-11-25(26)30-16-14-29(15-17-30)19-22-18-23(28-34-22)27(32)31-13-7-9-21-8-3-4-10-24(21)31/h3-6,8,10-12,20,22H,7,9,13-19H2,1-2H3. The Morgan fingerprint density at radius 2 is 1.76 bits per heavy atom. The van der Waals surface area contributed by atoms with Gasteiger partial charge in [-0.1, -0.05) is 35.5 Å². The van der Waals surface area contributed by atoms with Crippen molar-refractivity contribution in [3.63, 3.8) is 0 Å². The van der Waals surface area contributed by atoms with Crippen LogP contribution in [0.4, 0.5) is 11.4 Å². The van der Waals surface area contributed by atoms with Crippen LogP contribution in [0.3, 0.4) is 0 Å². The molecule has 0 N–H and O–H groups in total. The van der Waals surface area contributed by atoms with Gasteiger partial charge in [0.1, 0.15) is 17.6 Å². The number of hydrogen-bond donors (Lipinski definition) is 0. The Bertz CT molecular complexity index is 1050. The number of amides is 1. The highest BCUT2D eigenvalue weighted by Crippen LogP contribution is 2.30. The Morgan fingerprint density at radius 1 is 1.03 bits per heavy atom. The SMILES string of the molecule is CC(C)Oc1ccccc1N1CCN(CC2CC(C(=O)N3CCCc4ccccc43)=NO2)CC1. The minimum atomic E-state index is -0.0675. The summed E-state index contributed by atoms with van der Waals surface area (Å²) in [4.78, 5) is 25.6. The first-order valence-corrected chi connectivity index (χ1v) is 12.4. The van der Waals surface area contributed by atoms with Crippen LogP contribution in [0.5, 0.6) is 5.75 Å². The highest BCUT2D eigenvalue weighted by atomic mass is 16.6. The van der Waals surface area contributed by atoms with Crippen molar-refractivity contribution in [1.29, 1.82) is 0 Å². The van der Waals surface area contributed by atoms with Gasteiger partial charge in [0.05, 0.1) is 11.8 Å². The van der Waals surface area contributed by atoms with Gasteiger partial charge in [-0.05, 0) is 50.5 Å². The van der Waals surface area contributed by atoms with E-state index in [9.17, 15) is 4.79 Å². The largest absolute Gasteiger partial charge is 0.489 e. The number of aryl methyl sites for hydroxylation is 1. The highest BCUT2D eigenvalue weighted by Gasteiger charge is 2.33. The van der Waals surface area contributed by atoms with Crippen LogP contribution in [0.1, 0.15) is 32.3 Å². The lowest BCUT2D eigenvalue weighted by Gasteiger charge is -2.37. The summed E-state index contributed by atoms with van der Waals surface area (Å²) in [6.07, 6.45) is 2.66. The molecule has 34 heavy (non-hydrogen) atoms. The van der Waals surface area contributed by atoms with E-state index in [4.69, 9.17) is 9.57 Å². The van der Waals surface area contributed by atoms with Crippen molar-refractivity contribution < 1.29 is 14.4 Å². The third kappa shape index (κ3) is 4.89. The topological polar surface area (TPSA) is 57.6 Å². The summed E-state index contributed by atoms with van der Waals surface area (Å²) in [5, 5.41) is 4.20. The normalized spacial score (nSPS) is 20.7. The smallest absolute Gasteiger partial charge is 0.276 e. The number of para-hydroxylation sites is 3. The molecule has 1 unspecified atom stereocenters. The van der Waals surface area contributed by atoms with Crippen LogP contribution in [0, 0.1) is 0 Å². The van der Waals surface area contributed by atoms with E-state index >= 15 is 0 Å². The van der Waals surface area contributed by atoms with Gasteiger partial charge in [-0.15, -0.1) is 0 Å². The predicted molar refractivity (Wildman–Crippen MR) is 135 cm³/mol. The van der Waals surface area contributed by atoms with E-state index in [0.717, 1.165) is 69.2 Å². The van der Waals surface area contributed by atoms with Gasteiger partial charge >= 0.3 is 0 Å². The fourth-order valence-corrected chi connectivity index (χ4v) is 5.08. The van der Waals surface area contributed by atoms with Crippen LogP contribution in [0.15, 0.2) is 53.7 Å². The lowest BCUT2D eigenvalue weighted by molar-refractivity contribution is -0.112. The van der Waals surface area contributed by atoms with Crippen LogP contribution in [0.25, 0.3) is 0 Å². The summed E-state index contributed by atoms with van der Waals surface area (Å²) in [6.45, 7) is 9.39. The minimum absolute atomic E-state index is 0.0128. The van der Waals surface area contributed by atoms with E-state index in [1.54, 1.807) is 0 Å². The van der Waals surface area contributed by atoms with Crippen molar-refractivity contribution in [3.8, 4) is 5.75 Å². The summed E-state index contributed by atoms with van der Waals surface area (Å²) in [5.74, 6) is 0.933. The molecular weight excluding hydrogens is 428 g/mol. The third-order valence-corrected chi connectivity index (χ3v) is 6.74. The summed E-state index contributed by atoms with van der Waals surface area (Å²) < 4.78 is 6.01. The molecule has 1 atom stereocenters. The maximum absolute atomic E-state index is 13.2. The zero-order valence-corrected chi connectivity index (χ0v) is 20.2. The lowest BCUT2D eigenvalue weighted by Crippen LogP contribution is -2.49. The Morgan fingerprint density at radius 3 is 2.56 bits per heavy atom. The summed E-state index contributed by atoms with van der Waals surface area (Å²) in [6, 6.07) is 16.4. The molecule has 2 aromatic rings. The van der Waals surface area contributed by atoms with Crippen LogP contribution >= 0.6 is 0 Å². The van der Waals surface area contributed by atoms with E-state index < -0.39 is 0 Å². The summed E-state index contributed by atoms with van der Waals surface area (Å²) in [7, 11) is 0. The van der Waals surface area contributed by atoms with Gasteiger partial charge in [-0.2, -0.15) is 0 Å². The molecule has 0 saturated carbocycles. The van der Waals surface area contributed by atoms with Gasteiger partial charge in [0.25, 0.3) is 5.91 Å². The number of nitrogens with zero attached hydrogens (tertiary/aromatic N) is 4. The second-order valence-corrected chi connectivity index (χ2v) is 9.58. The van der Waals surface area contributed by atoms with Crippen molar-refractivity contribution in [2.75, 3.05) is 49.1 Å². The molecule has 1 saturated heterocycles. The number of ether oxygens (including phenoxy) is 1. The van der Waals surface area contributed by atoms with E-state index in [1.807, 2.05) is 35.2 Å². The highest BCUT2D eigenvalue weighted by molar-refractivity contribution is 6.44. The molecule has 0 spiro atoms. The number of piperazine rings is 1. The minimum Gasteiger partial charge on any atom is -0.489 e. The molecule has 3 aliphatic heterocycles. The molecule has 0 bridgehead atoms. The average molecular weight is 463 g/mol. The second kappa shape index (κ2) is 10.1. The maximum atomic E-state index is 13.2. The van der Waals surface area contributed by atoms with Crippen molar-refractivity contribution in [1.82, 2.24) is 4.90 Å². The van der Waals surface area contributed by atoms with Crippen molar-refractivity contribution in [3.05, 3.63) is 54.1 Å². The molecule has 5 rings (SSSR count). The maximum Gasteiger partial charge on any atom is 0.276 e. The fraction of sp³-hybridized carbons (Fsp3) is 0.481. The molecule has 0 aliphatic carbocycles. The Labute approximate surface area is 201 Å². The molecular formula is C27H34N4O3. The number of benzene rings is 2. The van der Waals surface area contributed by atoms with Gasteiger partial charge in [0, 0.05) is 51.4 Å². The van der Waals surface area contributed by atoms with E-state index in [1.165, 1.54) is 5.56 Å². The van der Waals surface area contributed by atoms with Crippen molar-refractivity contribution >= 4 is 23.0 Å². The van der Waals surface area contributed by atoms with Crippen molar-refractivity contribution in [2.24, 2.45) is 5.16 Å². The number of rotatable bonds is 6. The predicted octanol–water partition coefficient (Wildman–Crippen LogP) is 3.72. The molecule has 3 heterocycles. The van der Waals surface area contributed by atoms with Gasteiger partial charge in [-0.25, -0.2) is 0 Å². The first kappa shape index (κ1) is 22.7. The van der Waals surface area contributed by atoms with Gasteiger partial charge in [0.2, 0.25) is 0 Å².